The standard InChI is InChI=1S/C12H13BrN2O/c1-4-12(2,3)15-11(16)9-6-5-8(13)7-10(9)14/h1,5-7H,14H2,2-3H3,(H,15,16). The van der Waals surface area contributed by atoms with E-state index in [-0.39, 0.29) is 5.91 Å². The molecule has 0 fully saturated rings. The van der Waals surface area contributed by atoms with Crippen molar-refractivity contribution in [1.29, 1.82) is 0 Å². The molecular formula is C12H13BrN2O. The van der Waals surface area contributed by atoms with Crippen molar-refractivity contribution in [3.63, 3.8) is 0 Å². The van der Waals surface area contributed by atoms with Gasteiger partial charge in [0.2, 0.25) is 0 Å². The topological polar surface area (TPSA) is 55.1 Å². The maximum Gasteiger partial charge on any atom is 0.254 e. The van der Waals surface area contributed by atoms with Crippen LogP contribution in [0.2, 0.25) is 0 Å². The van der Waals surface area contributed by atoms with Gasteiger partial charge in [-0.2, -0.15) is 0 Å². The summed E-state index contributed by atoms with van der Waals surface area (Å²) in [6, 6.07) is 5.09. The summed E-state index contributed by atoms with van der Waals surface area (Å²) in [6.45, 7) is 3.50. The number of amides is 1. The number of nitrogens with one attached hydrogen (secondary N) is 1. The lowest BCUT2D eigenvalue weighted by molar-refractivity contribution is 0.0931. The van der Waals surface area contributed by atoms with Gasteiger partial charge in [0.05, 0.1) is 11.1 Å². The Kier molecular flexibility index (Phi) is 3.61. The van der Waals surface area contributed by atoms with Crippen LogP contribution in [-0.2, 0) is 0 Å². The fraction of sp³-hybridized carbons (Fsp3) is 0.250. The van der Waals surface area contributed by atoms with E-state index in [1.165, 1.54) is 0 Å². The summed E-state index contributed by atoms with van der Waals surface area (Å²) in [4.78, 5) is 11.8. The van der Waals surface area contributed by atoms with Gasteiger partial charge >= 0.3 is 0 Å². The van der Waals surface area contributed by atoms with Crippen LogP contribution in [0.3, 0.4) is 0 Å². The molecule has 0 aliphatic carbocycles. The average molecular weight is 281 g/mol. The van der Waals surface area contributed by atoms with Gasteiger partial charge < -0.3 is 11.1 Å². The second-order valence-corrected chi connectivity index (χ2v) is 4.87. The number of halogens is 1. The number of nitrogens with two attached hydrogens (primary N) is 1. The molecule has 1 aromatic rings. The van der Waals surface area contributed by atoms with Crippen molar-refractivity contribution in [3.05, 3.63) is 28.2 Å². The predicted octanol–water partition coefficient (Wildman–Crippen LogP) is 2.17. The minimum absolute atomic E-state index is 0.270. The summed E-state index contributed by atoms with van der Waals surface area (Å²) >= 11 is 3.28. The Labute approximate surface area is 104 Å². The monoisotopic (exact) mass is 280 g/mol. The van der Waals surface area contributed by atoms with Gasteiger partial charge in [-0.15, -0.1) is 6.42 Å². The van der Waals surface area contributed by atoms with Crippen LogP contribution in [0, 0.1) is 12.3 Å². The normalized spacial score (nSPS) is 10.6. The molecule has 3 N–H and O–H groups in total. The Morgan fingerprint density at radius 1 is 1.56 bits per heavy atom. The number of carbonyl (C=O) groups excluding carboxylic acids is 1. The van der Waals surface area contributed by atoms with Gasteiger partial charge in [-0.25, -0.2) is 0 Å². The largest absolute Gasteiger partial charge is 0.398 e. The molecule has 0 spiro atoms. The Morgan fingerprint density at radius 3 is 2.69 bits per heavy atom. The zero-order chi connectivity index (χ0) is 12.3. The molecule has 0 aliphatic heterocycles. The van der Waals surface area contributed by atoms with E-state index >= 15 is 0 Å². The third kappa shape index (κ3) is 3.01. The zero-order valence-electron chi connectivity index (χ0n) is 9.17. The van der Waals surface area contributed by atoms with Gasteiger partial charge in [0.15, 0.2) is 0 Å². The first kappa shape index (κ1) is 12.6. The Hall–Kier alpha value is -1.47. The molecular weight excluding hydrogens is 268 g/mol. The molecule has 0 unspecified atom stereocenters. The van der Waals surface area contributed by atoms with Gasteiger partial charge in [-0.1, -0.05) is 21.9 Å². The Balaban J connectivity index is 2.95. The number of anilines is 1. The molecule has 3 nitrogen and oxygen atoms in total. The number of hydrogen-bond acceptors (Lipinski definition) is 2. The highest BCUT2D eigenvalue weighted by atomic mass is 79.9. The number of rotatable bonds is 2. The third-order valence-electron chi connectivity index (χ3n) is 2.05. The summed E-state index contributed by atoms with van der Waals surface area (Å²) in [5.41, 5.74) is 5.90. The molecule has 0 saturated carbocycles. The first-order valence-electron chi connectivity index (χ1n) is 4.71. The molecule has 0 aromatic heterocycles. The van der Waals surface area contributed by atoms with Gasteiger partial charge in [0, 0.05) is 10.2 Å². The van der Waals surface area contributed by atoms with Gasteiger partial charge in [0.1, 0.15) is 0 Å². The van der Waals surface area contributed by atoms with E-state index < -0.39 is 5.54 Å². The van der Waals surface area contributed by atoms with Crippen molar-refractivity contribution in [1.82, 2.24) is 5.32 Å². The summed E-state index contributed by atoms with van der Waals surface area (Å²) in [5.74, 6) is 2.22. The first-order valence-corrected chi connectivity index (χ1v) is 5.50. The van der Waals surface area contributed by atoms with Crippen LogP contribution in [-0.4, -0.2) is 11.4 Å². The predicted molar refractivity (Wildman–Crippen MR) is 68.9 cm³/mol. The van der Waals surface area contributed by atoms with E-state index in [0.717, 1.165) is 4.47 Å². The van der Waals surface area contributed by atoms with Crippen LogP contribution in [0.5, 0.6) is 0 Å². The van der Waals surface area contributed by atoms with Crippen LogP contribution < -0.4 is 11.1 Å². The van der Waals surface area contributed by atoms with E-state index in [0.29, 0.717) is 11.3 Å². The van der Waals surface area contributed by atoms with Crippen LogP contribution in [0.4, 0.5) is 5.69 Å². The van der Waals surface area contributed by atoms with Crippen molar-refractivity contribution in [2.75, 3.05) is 5.73 Å². The minimum atomic E-state index is -0.684. The quantitative estimate of drug-likeness (QED) is 0.645. The number of terminal acetylenes is 1. The molecule has 16 heavy (non-hydrogen) atoms. The fourth-order valence-electron chi connectivity index (χ4n) is 1.13. The van der Waals surface area contributed by atoms with Crippen molar-refractivity contribution < 1.29 is 4.79 Å². The zero-order valence-corrected chi connectivity index (χ0v) is 10.8. The van der Waals surface area contributed by atoms with E-state index in [1.54, 1.807) is 32.0 Å². The number of nitrogen functional groups attached to an aromatic ring is 1. The summed E-state index contributed by atoms with van der Waals surface area (Å²) in [6.07, 6.45) is 5.29. The molecule has 0 radical (unpaired) electrons. The number of benzene rings is 1. The van der Waals surface area contributed by atoms with Crippen molar-refractivity contribution in [3.8, 4) is 12.3 Å². The molecule has 4 heteroatoms. The van der Waals surface area contributed by atoms with Crippen molar-refractivity contribution in [2.24, 2.45) is 0 Å². The lowest BCUT2D eigenvalue weighted by atomic mass is 10.1. The van der Waals surface area contributed by atoms with Crippen LogP contribution in [0.25, 0.3) is 0 Å². The average Bonchev–Trinajstić information content (AvgIpc) is 2.16. The van der Waals surface area contributed by atoms with Crippen LogP contribution in [0.1, 0.15) is 24.2 Å². The second-order valence-electron chi connectivity index (χ2n) is 3.96. The van der Waals surface area contributed by atoms with E-state index in [2.05, 4.69) is 27.2 Å². The maximum absolute atomic E-state index is 11.8. The highest BCUT2D eigenvalue weighted by Crippen LogP contribution is 2.19. The molecule has 84 valence electrons. The Morgan fingerprint density at radius 2 is 2.19 bits per heavy atom. The maximum atomic E-state index is 11.8. The molecule has 0 saturated heterocycles. The summed E-state index contributed by atoms with van der Waals surface area (Å²) in [7, 11) is 0. The van der Waals surface area contributed by atoms with Gasteiger partial charge in [0.25, 0.3) is 5.91 Å². The molecule has 1 amide bonds. The smallest absolute Gasteiger partial charge is 0.254 e. The summed E-state index contributed by atoms with van der Waals surface area (Å²) < 4.78 is 0.831. The first-order chi connectivity index (χ1) is 7.35. The molecule has 1 aromatic carbocycles. The van der Waals surface area contributed by atoms with Crippen molar-refractivity contribution >= 4 is 27.5 Å². The fourth-order valence-corrected chi connectivity index (χ4v) is 1.51. The third-order valence-corrected chi connectivity index (χ3v) is 2.54. The van der Waals surface area contributed by atoms with Crippen LogP contribution in [0.15, 0.2) is 22.7 Å². The molecule has 0 atom stereocenters. The van der Waals surface area contributed by atoms with E-state index in [4.69, 9.17) is 12.2 Å². The molecule has 1 rings (SSSR count). The number of hydrogen-bond donors (Lipinski definition) is 2. The lowest BCUT2D eigenvalue weighted by Gasteiger charge is -2.20. The highest BCUT2D eigenvalue weighted by molar-refractivity contribution is 9.10. The van der Waals surface area contributed by atoms with Gasteiger partial charge in [-0.3, -0.25) is 4.79 Å². The van der Waals surface area contributed by atoms with E-state index in [9.17, 15) is 4.79 Å². The molecule has 0 heterocycles. The second kappa shape index (κ2) is 4.58. The SMILES string of the molecule is C#CC(C)(C)NC(=O)c1ccc(Br)cc1N. The van der Waals surface area contributed by atoms with Crippen molar-refractivity contribution in [2.45, 2.75) is 19.4 Å². The number of carbonyl (C=O) groups is 1. The Bertz CT molecular complexity index is 461. The minimum Gasteiger partial charge on any atom is -0.398 e. The molecule has 0 bridgehead atoms. The molecule has 0 aliphatic rings. The van der Waals surface area contributed by atoms with Gasteiger partial charge in [-0.05, 0) is 32.0 Å². The summed E-state index contributed by atoms with van der Waals surface area (Å²) in [5, 5.41) is 2.71. The highest BCUT2D eigenvalue weighted by Gasteiger charge is 2.19. The van der Waals surface area contributed by atoms with E-state index in [1.807, 2.05) is 0 Å². The van der Waals surface area contributed by atoms with Crippen LogP contribution >= 0.6 is 15.9 Å². The lowest BCUT2D eigenvalue weighted by Crippen LogP contribution is -2.42.